The molecule has 5 heteroatoms. The highest BCUT2D eigenvalue weighted by molar-refractivity contribution is 5.83. The lowest BCUT2D eigenvalue weighted by atomic mass is 10.0. The lowest BCUT2D eigenvalue weighted by Crippen LogP contribution is -2.32. The van der Waals surface area contributed by atoms with Gasteiger partial charge in [-0.05, 0) is 43.2 Å². The Hall–Kier alpha value is -1.91. The molecule has 0 aromatic carbocycles. The van der Waals surface area contributed by atoms with E-state index in [-0.39, 0.29) is 17.2 Å². The van der Waals surface area contributed by atoms with Crippen LogP contribution >= 0.6 is 0 Å². The number of carbonyl (C=O) groups excluding carboxylic acids is 2. The molecule has 0 unspecified atom stereocenters. The lowest BCUT2D eigenvalue weighted by Gasteiger charge is -2.19. The van der Waals surface area contributed by atoms with Crippen molar-refractivity contribution >= 4 is 11.8 Å². The van der Waals surface area contributed by atoms with Crippen LogP contribution in [0, 0.1) is 17.3 Å². The molecule has 1 N–H and O–H groups in total. The fraction of sp³-hybridized carbons (Fsp3) is 0.650. The van der Waals surface area contributed by atoms with E-state index in [1.165, 1.54) is 25.7 Å². The number of pyridine rings is 1. The molecule has 2 amide bonds. The van der Waals surface area contributed by atoms with Crippen LogP contribution in [0.15, 0.2) is 24.5 Å². The Morgan fingerprint density at radius 2 is 2.16 bits per heavy atom. The van der Waals surface area contributed by atoms with E-state index in [2.05, 4.69) is 10.3 Å². The fourth-order valence-corrected chi connectivity index (χ4v) is 4.68. The second-order valence-corrected chi connectivity index (χ2v) is 8.12. The van der Waals surface area contributed by atoms with Gasteiger partial charge in [0.15, 0.2) is 0 Å². The Morgan fingerprint density at radius 1 is 1.32 bits per heavy atom. The molecule has 2 atom stereocenters. The number of carbonyl (C=O) groups is 2. The van der Waals surface area contributed by atoms with Gasteiger partial charge in [-0.25, -0.2) is 0 Å². The summed E-state index contributed by atoms with van der Waals surface area (Å²) in [5.74, 6) is 1.12. The summed E-state index contributed by atoms with van der Waals surface area (Å²) in [6.07, 6.45) is 11.1. The predicted molar refractivity (Wildman–Crippen MR) is 94.4 cm³/mol. The summed E-state index contributed by atoms with van der Waals surface area (Å²) in [6, 6.07) is 3.85. The summed E-state index contributed by atoms with van der Waals surface area (Å²) in [6.45, 7) is 2.14. The third-order valence-corrected chi connectivity index (χ3v) is 6.37. The molecule has 0 radical (unpaired) electrons. The van der Waals surface area contributed by atoms with Gasteiger partial charge in [-0.2, -0.15) is 0 Å². The lowest BCUT2D eigenvalue weighted by molar-refractivity contribution is -0.131. The monoisotopic (exact) mass is 341 g/mol. The molecule has 25 heavy (non-hydrogen) atoms. The van der Waals surface area contributed by atoms with Crippen LogP contribution in [-0.2, 0) is 16.1 Å². The fourth-order valence-electron chi connectivity index (χ4n) is 4.68. The van der Waals surface area contributed by atoms with Gasteiger partial charge in [-0.1, -0.05) is 18.9 Å². The Morgan fingerprint density at radius 3 is 2.92 bits per heavy atom. The third-order valence-electron chi connectivity index (χ3n) is 6.37. The van der Waals surface area contributed by atoms with E-state index in [9.17, 15) is 9.59 Å². The molecule has 2 aliphatic carbocycles. The maximum Gasteiger partial charge on any atom is 0.224 e. The van der Waals surface area contributed by atoms with Gasteiger partial charge in [-0.15, -0.1) is 0 Å². The smallest absolute Gasteiger partial charge is 0.224 e. The molecule has 3 fully saturated rings. The minimum Gasteiger partial charge on any atom is -0.352 e. The summed E-state index contributed by atoms with van der Waals surface area (Å²) in [5, 5.41) is 3.03. The molecule has 134 valence electrons. The van der Waals surface area contributed by atoms with E-state index >= 15 is 0 Å². The molecule has 2 saturated carbocycles. The Labute approximate surface area is 149 Å². The molecule has 1 saturated heterocycles. The number of rotatable bonds is 5. The van der Waals surface area contributed by atoms with Gasteiger partial charge >= 0.3 is 0 Å². The second-order valence-electron chi connectivity index (χ2n) is 8.12. The largest absolute Gasteiger partial charge is 0.352 e. The molecule has 1 aromatic heterocycles. The first-order valence-corrected chi connectivity index (χ1v) is 9.61. The number of likely N-dealkylation sites (tertiary alicyclic amines) is 1. The van der Waals surface area contributed by atoms with Crippen LogP contribution in [0.2, 0.25) is 0 Å². The van der Waals surface area contributed by atoms with E-state index in [0.29, 0.717) is 24.8 Å². The number of hydrogen-bond acceptors (Lipinski definition) is 3. The maximum atomic E-state index is 12.5. The summed E-state index contributed by atoms with van der Waals surface area (Å²) in [4.78, 5) is 31.1. The normalized spacial score (nSPS) is 28.5. The van der Waals surface area contributed by atoms with Crippen LogP contribution in [0.3, 0.4) is 0 Å². The summed E-state index contributed by atoms with van der Waals surface area (Å²) >= 11 is 0. The van der Waals surface area contributed by atoms with Crippen LogP contribution < -0.4 is 5.32 Å². The van der Waals surface area contributed by atoms with E-state index in [1.807, 2.05) is 17.0 Å². The summed E-state index contributed by atoms with van der Waals surface area (Å²) in [5.41, 5.74) is 1.08. The Kier molecular flexibility index (Phi) is 4.48. The standard InChI is InChI=1S/C20H27N3O2/c24-18(10-15-4-1-2-5-15)23-9-7-20(14-23)11-17(20)19(25)22-13-16-6-3-8-21-12-16/h3,6,8,12,15,17H,1-2,4-5,7,9-11,13-14H2,(H,22,25)/t17-,20+/m1/s1. The molecule has 5 nitrogen and oxygen atoms in total. The molecule has 0 bridgehead atoms. The van der Waals surface area contributed by atoms with Crippen LogP contribution in [0.1, 0.15) is 50.5 Å². The highest BCUT2D eigenvalue weighted by atomic mass is 16.2. The van der Waals surface area contributed by atoms with E-state index < -0.39 is 0 Å². The minimum atomic E-state index is 0.0599. The first-order chi connectivity index (χ1) is 12.2. The first kappa shape index (κ1) is 16.6. The van der Waals surface area contributed by atoms with Crippen molar-refractivity contribution in [3.05, 3.63) is 30.1 Å². The Bertz CT molecular complexity index is 642. The van der Waals surface area contributed by atoms with Crippen molar-refractivity contribution in [2.75, 3.05) is 13.1 Å². The van der Waals surface area contributed by atoms with Crippen molar-refractivity contribution in [3.63, 3.8) is 0 Å². The van der Waals surface area contributed by atoms with Crippen molar-refractivity contribution in [2.45, 2.75) is 51.5 Å². The van der Waals surface area contributed by atoms with Crippen molar-refractivity contribution in [1.29, 1.82) is 0 Å². The molecular weight excluding hydrogens is 314 g/mol. The summed E-state index contributed by atoms with van der Waals surface area (Å²) < 4.78 is 0. The van der Waals surface area contributed by atoms with Gasteiger partial charge in [0.2, 0.25) is 11.8 Å². The average molecular weight is 341 g/mol. The predicted octanol–water partition coefficient (Wildman–Crippen LogP) is 2.52. The molecule has 4 rings (SSSR count). The van der Waals surface area contributed by atoms with Crippen molar-refractivity contribution in [1.82, 2.24) is 15.2 Å². The van der Waals surface area contributed by atoms with Gasteiger partial charge in [0.05, 0.1) is 0 Å². The second kappa shape index (κ2) is 6.77. The van der Waals surface area contributed by atoms with E-state index in [0.717, 1.165) is 31.5 Å². The zero-order valence-electron chi connectivity index (χ0n) is 14.7. The highest BCUT2D eigenvalue weighted by Gasteiger charge is 2.61. The first-order valence-electron chi connectivity index (χ1n) is 9.61. The van der Waals surface area contributed by atoms with Gasteiger partial charge in [-0.3, -0.25) is 14.6 Å². The highest BCUT2D eigenvalue weighted by Crippen LogP contribution is 2.58. The molecular formula is C20H27N3O2. The van der Waals surface area contributed by atoms with Gasteiger partial charge < -0.3 is 10.2 Å². The number of hydrogen-bond donors (Lipinski definition) is 1. The molecule has 1 aliphatic heterocycles. The maximum absolute atomic E-state index is 12.5. The zero-order chi connectivity index (χ0) is 17.3. The average Bonchev–Trinajstić information content (AvgIpc) is 2.96. The third kappa shape index (κ3) is 3.55. The number of nitrogens with one attached hydrogen (secondary N) is 1. The van der Waals surface area contributed by atoms with E-state index in [4.69, 9.17) is 0 Å². The van der Waals surface area contributed by atoms with Gasteiger partial charge in [0, 0.05) is 49.8 Å². The van der Waals surface area contributed by atoms with Crippen LogP contribution in [0.4, 0.5) is 0 Å². The van der Waals surface area contributed by atoms with Gasteiger partial charge in [0.25, 0.3) is 0 Å². The molecule has 1 aromatic rings. The van der Waals surface area contributed by atoms with Crippen molar-refractivity contribution < 1.29 is 9.59 Å². The Balaban J connectivity index is 1.25. The van der Waals surface area contributed by atoms with Crippen molar-refractivity contribution in [3.8, 4) is 0 Å². The number of amides is 2. The number of aromatic nitrogens is 1. The van der Waals surface area contributed by atoms with Crippen LogP contribution in [0.5, 0.6) is 0 Å². The molecule has 2 heterocycles. The van der Waals surface area contributed by atoms with Gasteiger partial charge in [0.1, 0.15) is 0 Å². The van der Waals surface area contributed by atoms with Crippen LogP contribution in [-0.4, -0.2) is 34.8 Å². The summed E-state index contributed by atoms with van der Waals surface area (Å²) in [7, 11) is 0. The minimum absolute atomic E-state index is 0.0599. The quantitative estimate of drug-likeness (QED) is 0.895. The molecule has 1 spiro atoms. The molecule has 3 aliphatic rings. The van der Waals surface area contributed by atoms with Crippen LogP contribution in [0.25, 0.3) is 0 Å². The topological polar surface area (TPSA) is 62.3 Å². The van der Waals surface area contributed by atoms with Crippen molar-refractivity contribution in [2.24, 2.45) is 17.3 Å². The SMILES string of the molecule is O=C(NCc1cccnc1)[C@H]1C[C@]12CCN(C(=O)CC1CCCC1)C2. The number of nitrogens with zero attached hydrogens (tertiary/aromatic N) is 2. The zero-order valence-corrected chi connectivity index (χ0v) is 14.7. The van der Waals surface area contributed by atoms with E-state index in [1.54, 1.807) is 12.4 Å².